The smallest absolute Gasteiger partial charge is 0.335 e. The molecule has 1 saturated heterocycles. The van der Waals surface area contributed by atoms with Crippen molar-refractivity contribution < 1.29 is 59.5 Å². The predicted octanol–water partition coefficient (Wildman–Crippen LogP) is -0.790. The number of rotatable bonds is 5. The molecule has 5 atom stereocenters. The average molecular weight is 492 g/mol. The lowest BCUT2D eigenvalue weighted by Crippen LogP contribution is -2.69. The second-order valence-electron chi connectivity index (χ2n) is 7.84. The maximum Gasteiger partial charge on any atom is 0.335 e. The standard InChI is InChI=1S/C22H20O13/c23-7-22(20(30)18(29)17(28)19(35-22)21(31)32)34-13-6-12-14(16(27)15(13)26)10(25)5-11(33-12)8-1-3-9(24)4-2-8/h1-6,17-20,23-24,26-30H,7H2,(H,31,32)/t17-,18-,19-,20+,22+/m0/s1. The van der Waals surface area contributed by atoms with Crippen LogP contribution in [0.2, 0.25) is 0 Å². The van der Waals surface area contributed by atoms with E-state index >= 15 is 0 Å². The fourth-order valence-electron chi connectivity index (χ4n) is 3.73. The van der Waals surface area contributed by atoms with Crippen LogP contribution in [0.15, 0.2) is 45.6 Å². The average Bonchev–Trinajstić information content (AvgIpc) is 2.82. The number of carbonyl (C=O) groups is 1. The van der Waals surface area contributed by atoms with E-state index in [0.717, 1.165) is 12.1 Å². The molecular formula is C22H20O13. The summed E-state index contributed by atoms with van der Waals surface area (Å²) in [4.78, 5) is 24.1. The molecule has 0 aliphatic carbocycles. The number of aliphatic hydroxyl groups excluding tert-OH is 4. The molecule has 3 aromatic rings. The van der Waals surface area contributed by atoms with Gasteiger partial charge in [0.25, 0.3) is 5.79 Å². The minimum Gasteiger partial charge on any atom is -0.508 e. The van der Waals surface area contributed by atoms with Crippen molar-refractivity contribution in [2.75, 3.05) is 6.61 Å². The SMILES string of the molecule is O=C(O)[C@H]1O[C@@](CO)(Oc2cc3oc(-c4ccc(O)cc4)cc(=O)c3c(O)c2O)[C@H](O)[C@@H](O)[C@@H]1O. The van der Waals surface area contributed by atoms with E-state index < -0.39 is 70.8 Å². The van der Waals surface area contributed by atoms with Gasteiger partial charge >= 0.3 is 5.97 Å². The number of carboxylic acid groups (broad SMARTS) is 1. The summed E-state index contributed by atoms with van der Waals surface area (Å²) in [5.74, 6) is -7.25. The Morgan fingerprint density at radius 2 is 1.66 bits per heavy atom. The lowest BCUT2D eigenvalue weighted by molar-refractivity contribution is -0.338. The third-order valence-electron chi connectivity index (χ3n) is 5.59. The van der Waals surface area contributed by atoms with E-state index in [2.05, 4.69) is 0 Å². The highest BCUT2D eigenvalue weighted by Crippen LogP contribution is 2.44. The second-order valence-corrected chi connectivity index (χ2v) is 7.84. The number of aliphatic carboxylic acids is 1. The highest BCUT2D eigenvalue weighted by atomic mass is 16.7. The van der Waals surface area contributed by atoms with Crippen molar-refractivity contribution in [1.29, 1.82) is 0 Å². The van der Waals surface area contributed by atoms with Gasteiger partial charge in [0.05, 0.1) is 0 Å². The van der Waals surface area contributed by atoms with Crippen LogP contribution < -0.4 is 10.2 Å². The molecule has 2 aromatic carbocycles. The molecule has 1 aliphatic heterocycles. The van der Waals surface area contributed by atoms with Crippen molar-refractivity contribution in [1.82, 2.24) is 0 Å². The monoisotopic (exact) mass is 492 g/mol. The Morgan fingerprint density at radius 3 is 2.26 bits per heavy atom. The minimum absolute atomic E-state index is 0.00819. The van der Waals surface area contributed by atoms with Gasteiger partial charge in [-0.15, -0.1) is 0 Å². The Balaban J connectivity index is 1.84. The lowest BCUT2D eigenvalue weighted by atomic mass is 9.92. The fourth-order valence-corrected chi connectivity index (χ4v) is 3.73. The second kappa shape index (κ2) is 8.72. The molecule has 35 heavy (non-hydrogen) atoms. The number of fused-ring (bicyclic) bond motifs is 1. The molecule has 0 saturated carbocycles. The molecule has 1 aliphatic rings. The van der Waals surface area contributed by atoms with Gasteiger partial charge < -0.3 is 54.7 Å². The van der Waals surface area contributed by atoms with Gasteiger partial charge in [0.1, 0.15) is 41.3 Å². The van der Waals surface area contributed by atoms with E-state index in [1.54, 1.807) is 0 Å². The molecule has 0 radical (unpaired) electrons. The molecule has 2 heterocycles. The summed E-state index contributed by atoms with van der Waals surface area (Å²) in [5.41, 5.74) is -0.709. The number of hydrogen-bond donors (Lipinski definition) is 8. The molecule has 8 N–H and O–H groups in total. The summed E-state index contributed by atoms with van der Waals surface area (Å²) in [6.07, 6.45) is -8.59. The summed E-state index contributed by atoms with van der Waals surface area (Å²) < 4.78 is 16.1. The summed E-state index contributed by atoms with van der Waals surface area (Å²) in [6.45, 7) is -1.27. The summed E-state index contributed by atoms with van der Waals surface area (Å²) >= 11 is 0. The zero-order valence-corrected chi connectivity index (χ0v) is 17.6. The third-order valence-corrected chi connectivity index (χ3v) is 5.59. The van der Waals surface area contributed by atoms with Crippen molar-refractivity contribution in [3.63, 3.8) is 0 Å². The number of phenolic OH excluding ortho intramolecular Hbond substituents is 3. The number of aromatic hydroxyl groups is 3. The Bertz CT molecular complexity index is 1330. The van der Waals surface area contributed by atoms with Crippen LogP contribution in [0.5, 0.6) is 23.0 Å². The molecule has 13 nitrogen and oxygen atoms in total. The maximum absolute atomic E-state index is 12.6. The molecule has 4 rings (SSSR count). The van der Waals surface area contributed by atoms with Crippen molar-refractivity contribution in [2.45, 2.75) is 30.2 Å². The predicted molar refractivity (Wildman–Crippen MR) is 114 cm³/mol. The Morgan fingerprint density at radius 1 is 1.00 bits per heavy atom. The van der Waals surface area contributed by atoms with E-state index in [-0.39, 0.29) is 17.1 Å². The number of phenols is 3. The van der Waals surface area contributed by atoms with Crippen LogP contribution in [0.3, 0.4) is 0 Å². The molecule has 0 bridgehead atoms. The summed E-state index contributed by atoms with van der Waals surface area (Å²) in [6, 6.07) is 7.52. The minimum atomic E-state index is -2.71. The molecule has 0 spiro atoms. The quantitative estimate of drug-likeness (QED) is 0.205. The Labute approximate surface area is 194 Å². The molecule has 0 amide bonds. The maximum atomic E-state index is 12.6. The first-order valence-electron chi connectivity index (χ1n) is 10.1. The van der Waals surface area contributed by atoms with Crippen molar-refractivity contribution in [3.8, 4) is 34.3 Å². The van der Waals surface area contributed by atoms with Crippen LogP contribution in [0, 0.1) is 0 Å². The van der Waals surface area contributed by atoms with Crippen molar-refractivity contribution in [2.24, 2.45) is 0 Å². The zero-order chi connectivity index (χ0) is 25.7. The molecular weight excluding hydrogens is 472 g/mol. The fraction of sp³-hybridized carbons (Fsp3) is 0.273. The van der Waals surface area contributed by atoms with Crippen LogP contribution in [0.1, 0.15) is 0 Å². The summed E-state index contributed by atoms with van der Waals surface area (Å²) in [5, 5.41) is 79.4. The van der Waals surface area contributed by atoms with Gasteiger partial charge in [-0.05, 0) is 24.3 Å². The zero-order valence-electron chi connectivity index (χ0n) is 17.6. The van der Waals surface area contributed by atoms with Crippen LogP contribution in [0.4, 0.5) is 0 Å². The van der Waals surface area contributed by atoms with E-state index in [1.165, 1.54) is 24.3 Å². The molecule has 1 aromatic heterocycles. The third kappa shape index (κ3) is 4.00. The van der Waals surface area contributed by atoms with E-state index in [9.17, 15) is 50.4 Å². The number of ether oxygens (including phenoxy) is 2. The molecule has 186 valence electrons. The van der Waals surface area contributed by atoms with E-state index in [0.29, 0.717) is 5.56 Å². The number of aliphatic hydroxyl groups is 4. The summed E-state index contributed by atoms with van der Waals surface area (Å²) in [7, 11) is 0. The molecule has 1 fully saturated rings. The van der Waals surface area contributed by atoms with Crippen LogP contribution >= 0.6 is 0 Å². The van der Waals surface area contributed by atoms with Gasteiger partial charge in [0, 0.05) is 17.7 Å². The highest BCUT2D eigenvalue weighted by Gasteiger charge is 2.57. The number of hydrogen-bond acceptors (Lipinski definition) is 12. The first-order valence-corrected chi connectivity index (χ1v) is 10.1. The largest absolute Gasteiger partial charge is 0.508 e. The van der Waals surface area contributed by atoms with Crippen molar-refractivity contribution in [3.05, 3.63) is 46.6 Å². The topological polar surface area (TPSA) is 228 Å². The van der Waals surface area contributed by atoms with E-state index in [1.807, 2.05) is 0 Å². The first kappa shape index (κ1) is 24.3. The highest BCUT2D eigenvalue weighted by molar-refractivity contribution is 5.89. The van der Waals surface area contributed by atoms with Gasteiger partial charge in [0.15, 0.2) is 29.1 Å². The van der Waals surface area contributed by atoms with Gasteiger partial charge in [-0.2, -0.15) is 0 Å². The number of benzene rings is 2. The lowest BCUT2D eigenvalue weighted by Gasteiger charge is -2.46. The van der Waals surface area contributed by atoms with Gasteiger partial charge in [-0.25, -0.2) is 4.79 Å². The molecule has 0 unspecified atom stereocenters. The van der Waals surface area contributed by atoms with Crippen LogP contribution in [0.25, 0.3) is 22.3 Å². The first-order chi connectivity index (χ1) is 16.5. The van der Waals surface area contributed by atoms with Crippen molar-refractivity contribution >= 4 is 16.9 Å². The van der Waals surface area contributed by atoms with E-state index in [4.69, 9.17) is 13.9 Å². The Hall–Kier alpha value is -3.88. The van der Waals surface area contributed by atoms with Gasteiger partial charge in [-0.3, -0.25) is 4.79 Å². The number of carboxylic acids is 1. The van der Waals surface area contributed by atoms with Crippen LogP contribution in [-0.4, -0.2) is 83.6 Å². The normalized spacial score (nSPS) is 26.5. The van der Waals surface area contributed by atoms with Crippen LogP contribution in [-0.2, 0) is 9.53 Å². The van der Waals surface area contributed by atoms with Gasteiger partial charge in [-0.1, -0.05) is 0 Å². The van der Waals surface area contributed by atoms with Gasteiger partial charge in [0.2, 0.25) is 5.75 Å². The molecule has 13 heteroatoms. The Kier molecular flexibility index (Phi) is 6.04.